The van der Waals surface area contributed by atoms with Crippen LogP contribution in [0.5, 0.6) is 5.75 Å². The summed E-state index contributed by atoms with van der Waals surface area (Å²) in [6.07, 6.45) is 1.99. The van der Waals surface area contributed by atoms with E-state index >= 15 is 0 Å². The predicted octanol–water partition coefficient (Wildman–Crippen LogP) is 3.41. The fourth-order valence-electron chi connectivity index (χ4n) is 1.91. The van der Waals surface area contributed by atoms with E-state index in [1.807, 2.05) is 18.2 Å². The van der Waals surface area contributed by atoms with Gasteiger partial charge in [-0.15, -0.1) is 0 Å². The Morgan fingerprint density at radius 2 is 2.09 bits per heavy atom. The third-order valence-corrected chi connectivity index (χ3v) is 3.73. The molecule has 0 saturated heterocycles. The average molecular weight is 394 g/mol. The van der Waals surface area contributed by atoms with E-state index in [2.05, 4.69) is 31.5 Å². The van der Waals surface area contributed by atoms with Gasteiger partial charge < -0.3 is 15.4 Å². The Morgan fingerprint density at radius 3 is 2.78 bits per heavy atom. The Bertz CT molecular complexity index is 692. The van der Waals surface area contributed by atoms with Gasteiger partial charge in [-0.25, -0.2) is 4.98 Å². The van der Waals surface area contributed by atoms with Gasteiger partial charge in [0.1, 0.15) is 11.6 Å². The summed E-state index contributed by atoms with van der Waals surface area (Å²) in [5, 5.41) is 6.37. The van der Waals surface area contributed by atoms with Crippen molar-refractivity contribution in [3.05, 3.63) is 52.6 Å². The highest BCUT2D eigenvalue weighted by Gasteiger charge is 2.11. The standard InChI is InChI=1S/C16H16BrN3O2S/c1-22-14-5-3-2-4-12(14)13(21)8-9-18-16(23)20-15-7-6-11(17)10-19-15/h2-7,10H,8-9H2,1H3,(H2,18,19,20,23). The van der Waals surface area contributed by atoms with E-state index in [-0.39, 0.29) is 5.78 Å². The van der Waals surface area contributed by atoms with Crippen LogP contribution in [0.15, 0.2) is 47.1 Å². The van der Waals surface area contributed by atoms with Gasteiger partial charge >= 0.3 is 0 Å². The van der Waals surface area contributed by atoms with Crippen molar-refractivity contribution < 1.29 is 9.53 Å². The van der Waals surface area contributed by atoms with Gasteiger partial charge in [-0.05, 0) is 52.4 Å². The van der Waals surface area contributed by atoms with Crippen LogP contribution in [0.4, 0.5) is 5.82 Å². The lowest BCUT2D eigenvalue weighted by Gasteiger charge is -2.10. The normalized spacial score (nSPS) is 10.0. The zero-order valence-electron chi connectivity index (χ0n) is 12.5. The van der Waals surface area contributed by atoms with Crippen molar-refractivity contribution >= 4 is 44.9 Å². The first-order valence-corrected chi connectivity index (χ1v) is 8.13. The summed E-state index contributed by atoms with van der Waals surface area (Å²) >= 11 is 8.49. The van der Waals surface area contributed by atoms with E-state index in [1.165, 1.54) is 0 Å². The quantitative estimate of drug-likeness (QED) is 0.579. The van der Waals surface area contributed by atoms with E-state index in [0.29, 0.717) is 35.2 Å². The summed E-state index contributed by atoms with van der Waals surface area (Å²) in [5.74, 6) is 1.22. The first-order valence-electron chi connectivity index (χ1n) is 6.93. The lowest BCUT2D eigenvalue weighted by atomic mass is 10.1. The molecule has 0 saturated carbocycles. The second kappa shape index (κ2) is 8.59. The summed E-state index contributed by atoms with van der Waals surface area (Å²) < 4.78 is 6.08. The highest BCUT2D eigenvalue weighted by Crippen LogP contribution is 2.18. The number of aromatic nitrogens is 1. The van der Waals surface area contributed by atoms with Crippen LogP contribution >= 0.6 is 28.1 Å². The summed E-state index contributed by atoms with van der Waals surface area (Å²) in [5.41, 5.74) is 0.574. The molecule has 0 radical (unpaired) electrons. The van der Waals surface area contributed by atoms with Crippen molar-refractivity contribution in [3.8, 4) is 5.75 Å². The number of nitrogens with one attached hydrogen (secondary N) is 2. The van der Waals surface area contributed by atoms with Crippen LogP contribution in [-0.4, -0.2) is 29.5 Å². The number of thiocarbonyl (C=S) groups is 1. The average Bonchev–Trinajstić information content (AvgIpc) is 2.56. The third kappa shape index (κ3) is 5.30. The predicted molar refractivity (Wildman–Crippen MR) is 98.1 cm³/mol. The molecule has 0 aliphatic heterocycles. The molecule has 2 N–H and O–H groups in total. The monoisotopic (exact) mass is 393 g/mol. The Morgan fingerprint density at radius 1 is 1.30 bits per heavy atom. The van der Waals surface area contributed by atoms with Crippen molar-refractivity contribution in [2.24, 2.45) is 0 Å². The van der Waals surface area contributed by atoms with Gasteiger partial charge in [0.15, 0.2) is 10.9 Å². The van der Waals surface area contributed by atoms with Crippen molar-refractivity contribution in [1.82, 2.24) is 10.3 Å². The van der Waals surface area contributed by atoms with Gasteiger partial charge in [-0.1, -0.05) is 12.1 Å². The summed E-state index contributed by atoms with van der Waals surface area (Å²) in [7, 11) is 1.55. The summed E-state index contributed by atoms with van der Waals surface area (Å²) in [6, 6.07) is 10.8. The van der Waals surface area contributed by atoms with Gasteiger partial charge in [0.05, 0.1) is 12.7 Å². The minimum absolute atomic E-state index is 0.000448. The molecule has 0 aliphatic rings. The molecule has 0 spiro atoms. The number of anilines is 1. The summed E-state index contributed by atoms with van der Waals surface area (Å²) in [4.78, 5) is 16.4. The zero-order valence-corrected chi connectivity index (χ0v) is 14.9. The molecule has 0 aliphatic carbocycles. The fourth-order valence-corrected chi connectivity index (χ4v) is 2.35. The number of pyridine rings is 1. The summed E-state index contributed by atoms with van der Waals surface area (Å²) in [6.45, 7) is 0.430. The number of Topliss-reactive ketones (excluding diaryl/α,β-unsaturated/α-hetero) is 1. The third-order valence-electron chi connectivity index (χ3n) is 3.01. The van der Waals surface area contributed by atoms with Crippen molar-refractivity contribution in [2.45, 2.75) is 6.42 Å². The van der Waals surface area contributed by atoms with Gasteiger partial charge in [-0.3, -0.25) is 4.79 Å². The number of hydrogen-bond acceptors (Lipinski definition) is 4. The maximum absolute atomic E-state index is 12.2. The molecular weight excluding hydrogens is 378 g/mol. The number of para-hydroxylation sites is 1. The Kier molecular flexibility index (Phi) is 6.49. The molecule has 2 aromatic rings. The smallest absolute Gasteiger partial charge is 0.171 e. The molecule has 0 fully saturated rings. The number of methoxy groups -OCH3 is 1. The molecule has 0 amide bonds. The molecule has 5 nitrogen and oxygen atoms in total. The number of carbonyl (C=O) groups is 1. The highest BCUT2D eigenvalue weighted by atomic mass is 79.9. The zero-order chi connectivity index (χ0) is 16.7. The van der Waals surface area contributed by atoms with Crippen molar-refractivity contribution in [1.29, 1.82) is 0 Å². The fraction of sp³-hybridized carbons (Fsp3) is 0.188. The first-order chi connectivity index (χ1) is 11.1. The van der Waals surface area contributed by atoms with E-state index in [4.69, 9.17) is 17.0 Å². The molecule has 1 aromatic carbocycles. The number of hydrogen-bond donors (Lipinski definition) is 2. The number of ketones is 1. The van der Waals surface area contributed by atoms with Crippen LogP contribution in [0.1, 0.15) is 16.8 Å². The van der Waals surface area contributed by atoms with Crippen molar-refractivity contribution in [2.75, 3.05) is 19.0 Å². The largest absolute Gasteiger partial charge is 0.496 e. The van der Waals surface area contributed by atoms with Gasteiger partial charge in [0.2, 0.25) is 0 Å². The minimum Gasteiger partial charge on any atom is -0.496 e. The molecule has 7 heteroatoms. The second-order valence-corrected chi connectivity index (χ2v) is 5.94. The molecule has 0 bridgehead atoms. The second-order valence-electron chi connectivity index (χ2n) is 4.62. The number of nitrogens with zero attached hydrogens (tertiary/aromatic N) is 1. The number of ether oxygens (including phenoxy) is 1. The Labute approximate surface area is 148 Å². The van der Waals surface area contributed by atoms with E-state index in [9.17, 15) is 4.79 Å². The number of carbonyl (C=O) groups excluding carboxylic acids is 1. The maximum Gasteiger partial charge on any atom is 0.171 e. The van der Waals surface area contributed by atoms with Crippen LogP contribution in [0, 0.1) is 0 Å². The van der Waals surface area contributed by atoms with Crippen molar-refractivity contribution in [3.63, 3.8) is 0 Å². The number of halogens is 1. The van der Waals surface area contributed by atoms with E-state index < -0.39 is 0 Å². The first kappa shape index (κ1) is 17.4. The SMILES string of the molecule is COc1ccccc1C(=O)CCNC(=S)Nc1ccc(Br)cn1. The van der Waals surface area contributed by atoms with Crippen LogP contribution in [0.25, 0.3) is 0 Å². The van der Waals surface area contributed by atoms with E-state index in [0.717, 1.165) is 4.47 Å². The van der Waals surface area contributed by atoms with Crippen LogP contribution in [0.3, 0.4) is 0 Å². The Balaban J connectivity index is 1.81. The van der Waals surface area contributed by atoms with Gasteiger partial charge in [-0.2, -0.15) is 0 Å². The van der Waals surface area contributed by atoms with E-state index in [1.54, 1.807) is 31.5 Å². The minimum atomic E-state index is -0.000448. The topological polar surface area (TPSA) is 63.2 Å². The van der Waals surface area contributed by atoms with Crippen LogP contribution in [-0.2, 0) is 0 Å². The van der Waals surface area contributed by atoms with Crippen LogP contribution < -0.4 is 15.4 Å². The lowest BCUT2D eigenvalue weighted by Crippen LogP contribution is -2.30. The maximum atomic E-state index is 12.2. The van der Waals surface area contributed by atoms with Gasteiger partial charge in [0.25, 0.3) is 0 Å². The molecule has 120 valence electrons. The lowest BCUT2D eigenvalue weighted by molar-refractivity contribution is 0.0981. The number of benzene rings is 1. The number of rotatable bonds is 6. The highest BCUT2D eigenvalue weighted by molar-refractivity contribution is 9.10. The molecular formula is C16H16BrN3O2S. The molecule has 1 heterocycles. The molecule has 0 atom stereocenters. The molecule has 1 aromatic heterocycles. The van der Waals surface area contributed by atoms with Crippen LogP contribution in [0.2, 0.25) is 0 Å². The van der Waals surface area contributed by atoms with Gasteiger partial charge in [0, 0.05) is 23.6 Å². The Hall–Kier alpha value is -1.99. The molecule has 23 heavy (non-hydrogen) atoms. The molecule has 0 unspecified atom stereocenters. The molecule has 2 rings (SSSR count).